The molecule has 5 nitrogen and oxygen atoms in total. The van der Waals surface area contributed by atoms with E-state index >= 15 is 0 Å². The van der Waals surface area contributed by atoms with Crippen LogP contribution in [-0.2, 0) is 11.3 Å². The van der Waals surface area contributed by atoms with Gasteiger partial charge in [0.2, 0.25) is 0 Å². The van der Waals surface area contributed by atoms with Crippen molar-refractivity contribution in [2.24, 2.45) is 0 Å². The van der Waals surface area contributed by atoms with E-state index in [1.54, 1.807) is 7.11 Å². The summed E-state index contributed by atoms with van der Waals surface area (Å²) in [6.45, 7) is 4.52. The Morgan fingerprint density at radius 1 is 1.53 bits per heavy atom. The van der Waals surface area contributed by atoms with Gasteiger partial charge in [0, 0.05) is 38.7 Å². The molecule has 1 heterocycles. The lowest BCUT2D eigenvalue weighted by Crippen LogP contribution is -2.31. The second-order valence-corrected chi connectivity index (χ2v) is 3.98. The van der Waals surface area contributed by atoms with Crippen LogP contribution < -0.4 is 5.32 Å². The average Bonchev–Trinajstić information content (AvgIpc) is 2.74. The molecule has 0 spiro atoms. The van der Waals surface area contributed by atoms with Gasteiger partial charge in [-0.1, -0.05) is 4.49 Å². The number of ether oxygens (including phenoxy) is 1. The predicted molar refractivity (Wildman–Crippen MR) is 61.0 cm³/mol. The van der Waals surface area contributed by atoms with E-state index in [-0.39, 0.29) is 0 Å². The maximum atomic E-state index is 5.00. The largest absolute Gasteiger partial charge is 0.383 e. The van der Waals surface area contributed by atoms with Gasteiger partial charge in [0.25, 0.3) is 0 Å². The van der Waals surface area contributed by atoms with Crippen molar-refractivity contribution in [1.82, 2.24) is 19.8 Å². The van der Waals surface area contributed by atoms with Crippen LogP contribution in [0.4, 0.5) is 0 Å². The van der Waals surface area contributed by atoms with Crippen molar-refractivity contribution in [2.45, 2.75) is 6.54 Å². The summed E-state index contributed by atoms with van der Waals surface area (Å²) in [5.74, 6) is 0. The van der Waals surface area contributed by atoms with Gasteiger partial charge in [0.1, 0.15) is 0 Å². The zero-order chi connectivity index (χ0) is 10.9. The van der Waals surface area contributed by atoms with Crippen LogP contribution in [0.15, 0.2) is 5.38 Å². The summed E-state index contributed by atoms with van der Waals surface area (Å²) in [6, 6.07) is 0. The minimum atomic E-state index is 0.784. The third-order valence-electron chi connectivity index (χ3n) is 2.06. The number of likely N-dealkylation sites (N-methyl/N-ethyl adjacent to an activating group) is 1. The third kappa shape index (κ3) is 5.78. The average molecular weight is 230 g/mol. The van der Waals surface area contributed by atoms with Crippen LogP contribution in [0.25, 0.3) is 0 Å². The summed E-state index contributed by atoms with van der Waals surface area (Å²) in [5.41, 5.74) is 1.01. The van der Waals surface area contributed by atoms with Crippen LogP contribution in [0.5, 0.6) is 0 Å². The molecule has 0 fully saturated rings. The van der Waals surface area contributed by atoms with Crippen molar-refractivity contribution in [2.75, 3.05) is 40.4 Å². The van der Waals surface area contributed by atoms with E-state index in [0.29, 0.717) is 0 Å². The van der Waals surface area contributed by atoms with Gasteiger partial charge >= 0.3 is 0 Å². The Hall–Kier alpha value is -0.560. The number of hydrogen-bond acceptors (Lipinski definition) is 6. The molecular formula is C9H18N4OS. The molecule has 0 atom stereocenters. The number of methoxy groups -OCH3 is 1. The molecule has 0 aromatic carbocycles. The number of aromatic nitrogens is 2. The molecule has 0 amide bonds. The molecule has 1 aromatic rings. The molecule has 0 aliphatic carbocycles. The van der Waals surface area contributed by atoms with Gasteiger partial charge in [-0.2, -0.15) is 0 Å². The summed E-state index contributed by atoms with van der Waals surface area (Å²) < 4.78 is 8.80. The topological polar surface area (TPSA) is 50.3 Å². The third-order valence-corrected chi connectivity index (χ3v) is 2.61. The highest BCUT2D eigenvalue weighted by atomic mass is 32.1. The maximum Gasteiger partial charge on any atom is 0.0893 e. The smallest absolute Gasteiger partial charge is 0.0893 e. The predicted octanol–water partition coefficient (Wildman–Crippen LogP) is 0.206. The molecular weight excluding hydrogens is 212 g/mol. The van der Waals surface area contributed by atoms with Gasteiger partial charge in [-0.05, 0) is 18.6 Å². The molecule has 1 aromatic heterocycles. The van der Waals surface area contributed by atoms with Crippen LogP contribution in [0.3, 0.4) is 0 Å². The molecule has 0 aliphatic heterocycles. The SMILES string of the molecule is COCCN(C)CCNCc1csnn1. The second-order valence-electron chi connectivity index (χ2n) is 3.37. The Morgan fingerprint density at radius 2 is 2.40 bits per heavy atom. The molecule has 0 unspecified atom stereocenters. The lowest BCUT2D eigenvalue weighted by molar-refractivity contribution is 0.161. The van der Waals surface area contributed by atoms with E-state index in [1.165, 1.54) is 11.5 Å². The second kappa shape index (κ2) is 7.70. The Labute approximate surface area is 94.6 Å². The van der Waals surface area contributed by atoms with Crippen LogP contribution >= 0.6 is 11.5 Å². The highest BCUT2D eigenvalue weighted by molar-refractivity contribution is 7.03. The van der Waals surface area contributed by atoms with E-state index in [0.717, 1.165) is 38.5 Å². The van der Waals surface area contributed by atoms with Crippen LogP contribution in [0.1, 0.15) is 5.69 Å². The Bertz CT molecular complexity index is 242. The van der Waals surface area contributed by atoms with Crippen LogP contribution in [0, 0.1) is 0 Å². The lowest BCUT2D eigenvalue weighted by atomic mass is 10.4. The molecule has 0 aliphatic rings. The minimum Gasteiger partial charge on any atom is -0.383 e. The van der Waals surface area contributed by atoms with Gasteiger partial charge in [-0.15, -0.1) is 5.10 Å². The molecule has 15 heavy (non-hydrogen) atoms. The van der Waals surface area contributed by atoms with Gasteiger partial charge in [0.05, 0.1) is 12.3 Å². The van der Waals surface area contributed by atoms with E-state index in [9.17, 15) is 0 Å². The first kappa shape index (κ1) is 12.5. The highest BCUT2D eigenvalue weighted by Gasteiger charge is 1.98. The molecule has 0 saturated carbocycles. The first-order valence-corrected chi connectivity index (χ1v) is 5.80. The van der Waals surface area contributed by atoms with E-state index < -0.39 is 0 Å². The maximum absolute atomic E-state index is 5.00. The van der Waals surface area contributed by atoms with Crippen molar-refractivity contribution in [3.63, 3.8) is 0 Å². The first-order chi connectivity index (χ1) is 7.33. The summed E-state index contributed by atoms with van der Waals surface area (Å²) in [4.78, 5) is 2.23. The fourth-order valence-electron chi connectivity index (χ4n) is 1.11. The zero-order valence-corrected chi connectivity index (χ0v) is 10.1. The number of rotatable bonds is 8. The molecule has 0 bridgehead atoms. The van der Waals surface area contributed by atoms with E-state index in [4.69, 9.17) is 4.74 Å². The standard InChI is InChI=1S/C9H18N4OS/c1-13(5-6-14-2)4-3-10-7-9-8-15-12-11-9/h8,10H,3-7H2,1-2H3. The fourth-order valence-corrected chi connectivity index (χ4v) is 1.56. The summed E-state index contributed by atoms with van der Waals surface area (Å²) in [7, 11) is 3.81. The van der Waals surface area contributed by atoms with Gasteiger partial charge in [-0.3, -0.25) is 0 Å². The minimum absolute atomic E-state index is 0.784. The van der Waals surface area contributed by atoms with Crippen molar-refractivity contribution in [3.05, 3.63) is 11.1 Å². The lowest BCUT2D eigenvalue weighted by Gasteiger charge is -2.15. The summed E-state index contributed by atoms with van der Waals surface area (Å²) >= 11 is 1.39. The summed E-state index contributed by atoms with van der Waals surface area (Å²) in [6.07, 6.45) is 0. The van der Waals surface area contributed by atoms with E-state index in [1.807, 2.05) is 5.38 Å². The normalized spacial score (nSPS) is 11.1. The monoisotopic (exact) mass is 230 g/mol. The van der Waals surface area contributed by atoms with Gasteiger partial charge in [0.15, 0.2) is 0 Å². The van der Waals surface area contributed by atoms with E-state index in [2.05, 4.69) is 26.9 Å². The molecule has 0 saturated heterocycles. The highest BCUT2D eigenvalue weighted by Crippen LogP contribution is 1.95. The van der Waals surface area contributed by atoms with Crippen molar-refractivity contribution < 1.29 is 4.74 Å². The quantitative estimate of drug-likeness (QED) is 0.647. The van der Waals surface area contributed by atoms with Crippen LogP contribution in [-0.4, -0.2) is 54.9 Å². The number of nitrogens with zero attached hydrogens (tertiary/aromatic N) is 3. The van der Waals surface area contributed by atoms with Gasteiger partial charge < -0.3 is 15.0 Å². The molecule has 0 radical (unpaired) electrons. The van der Waals surface area contributed by atoms with Gasteiger partial charge in [-0.25, -0.2) is 0 Å². The van der Waals surface area contributed by atoms with Crippen LogP contribution in [0.2, 0.25) is 0 Å². The Morgan fingerprint density at radius 3 is 3.07 bits per heavy atom. The number of hydrogen-bond donors (Lipinski definition) is 1. The Kier molecular flexibility index (Phi) is 6.42. The first-order valence-electron chi connectivity index (χ1n) is 4.97. The zero-order valence-electron chi connectivity index (χ0n) is 9.27. The fraction of sp³-hybridized carbons (Fsp3) is 0.778. The summed E-state index contributed by atoms with van der Waals surface area (Å²) in [5, 5.41) is 9.23. The van der Waals surface area contributed by atoms with Crippen molar-refractivity contribution >= 4 is 11.5 Å². The van der Waals surface area contributed by atoms with Crippen molar-refractivity contribution in [3.8, 4) is 0 Å². The molecule has 6 heteroatoms. The molecule has 1 N–H and O–H groups in total. The number of nitrogens with one attached hydrogen (secondary N) is 1. The van der Waals surface area contributed by atoms with Crippen molar-refractivity contribution in [1.29, 1.82) is 0 Å². The Balaban J connectivity index is 1.97. The molecule has 1 rings (SSSR count). The molecule has 86 valence electrons.